The summed E-state index contributed by atoms with van der Waals surface area (Å²) in [6, 6.07) is 8.25. The van der Waals surface area contributed by atoms with Crippen molar-refractivity contribution in [3.63, 3.8) is 0 Å². The summed E-state index contributed by atoms with van der Waals surface area (Å²) in [6.07, 6.45) is 0.425. The summed E-state index contributed by atoms with van der Waals surface area (Å²) in [4.78, 5) is 1.93. The molecule has 76 valence electrons. The predicted octanol–water partition coefficient (Wildman–Crippen LogP) is 0.493. The highest BCUT2D eigenvalue weighted by Crippen LogP contribution is 2.29. The van der Waals surface area contributed by atoms with Gasteiger partial charge in [0.1, 0.15) is 6.23 Å². The van der Waals surface area contributed by atoms with Crippen LogP contribution >= 0.6 is 0 Å². The van der Waals surface area contributed by atoms with E-state index in [1.54, 1.807) is 0 Å². The molecule has 2 rings (SSSR count). The van der Waals surface area contributed by atoms with E-state index >= 15 is 0 Å². The fourth-order valence-corrected chi connectivity index (χ4v) is 2.04. The van der Waals surface area contributed by atoms with E-state index in [1.807, 2.05) is 30.1 Å². The number of aliphatic hydroxyl groups excluding tert-OH is 1. The number of fused-ring (bicyclic) bond motifs is 1. The lowest BCUT2D eigenvalue weighted by atomic mass is 9.93. The molecule has 0 fully saturated rings. The number of likely N-dealkylation sites (N-methyl/N-ethyl adjacent to an activating group) is 1. The highest BCUT2D eigenvalue weighted by atomic mass is 16.3. The van der Waals surface area contributed by atoms with Crippen LogP contribution in [0.4, 0.5) is 0 Å². The van der Waals surface area contributed by atoms with Gasteiger partial charge >= 0.3 is 0 Å². The summed E-state index contributed by atoms with van der Waals surface area (Å²) in [5, 5.41) is 10.0. The van der Waals surface area contributed by atoms with E-state index in [0.717, 1.165) is 12.0 Å². The minimum atomic E-state index is -0.506. The molecule has 0 radical (unpaired) electrons. The molecule has 2 unspecified atom stereocenters. The van der Waals surface area contributed by atoms with Gasteiger partial charge in [-0.15, -0.1) is 0 Å². The van der Waals surface area contributed by atoms with Gasteiger partial charge in [-0.05, 0) is 24.6 Å². The number of benzene rings is 1. The van der Waals surface area contributed by atoms with Gasteiger partial charge in [0.15, 0.2) is 0 Å². The summed E-state index contributed by atoms with van der Waals surface area (Å²) < 4.78 is 0. The smallest absolute Gasteiger partial charge is 0.133 e. The van der Waals surface area contributed by atoms with Crippen LogP contribution in [-0.2, 0) is 6.42 Å². The van der Waals surface area contributed by atoms with Gasteiger partial charge < -0.3 is 10.8 Å². The average molecular weight is 192 g/mol. The molecule has 0 saturated carbocycles. The molecule has 0 bridgehead atoms. The van der Waals surface area contributed by atoms with Crippen LogP contribution in [0.2, 0.25) is 0 Å². The molecule has 0 aromatic heterocycles. The van der Waals surface area contributed by atoms with Crippen molar-refractivity contribution in [2.75, 3.05) is 13.6 Å². The molecule has 2 atom stereocenters. The molecule has 1 aromatic carbocycles. The van der Waals surface area contributed by atoms with Gasteiger partial charge in [0.05, 0.1) is 0 Å². The molecule has 3 heteroatoms. The lowest BCUT2D eigenvalue weighted by Crippen LogP contribution is -2.45. The minimum absolute atomic E-state index is 0.250. The second-order valence-electron chi connectivity index (χ2n) is 3.83. The number of rotatable bonds is 1. The van der Waals surface area contributed by atoms with E-state index in [2.05, 4.69) is 6.07 Å². The topological polar surface area (TPSA) is 49.5 Å². The van der Waals surface area contributed by atoms with Crippen LogP contribution in [0.25, 0.3) is 0 Å². The molecule has 1 aliphatic heterocycles. The Labute approximate surface area is 84.1 Å². The molecule has 14 heavy (non-hydrogen) atoms. The molecule has 0 spiro atoms. The second kappa shape index (κ2) is 3.69. The van der Waals surface area contributed by atoms with Crippen molar-refractivity contribution < 1.29 is 5.11 Å². The number of nitrogens with two attached hydrogens (primary N) is 1. The monoisotopic (exact) mass is 192 g/mol. The Morgan fingerprint density at radius 2 is 2.21 bits per heavy atom. The molecule has 3 nitrogen and oxygen atoms in total. The first-order valence-electron chi connectivity index (χ1n) is 4.92. The Balaban J connectivity index is 2.37. The third-order valence-electron chi connectivity index (χ3n) is 3.02. The molecule has 1 aromatic rings. The maximum atomic E-state index is 10.0. The Morgan fingerprint density at radius 1 is 1.50 bits per heavy atom. The largest absolute Gasteiger partial charge is 0.374 e. The molecule has 0 saturated heterocycles. The summed E-state index contributed by atoms with van der Waals surface area (Å²) in [7, 11) is 1.91. The van der Waals surface area contributed by atoms with Gasteiger partial charge in [-0.25, -0.2) is 0 Å². The normalized spacial score (nSPS) is 27.4. The van der Waals surface area contributed by atoms with Crippen LogP contribution < -0.4 is 5.73 Å². The summed E-state index contributed by atoms with van der Waals surface area (Å²) in [5.74, 6) is 0. The zero-order valence-electron chi connectivity index (χ0n) is 8.35. The van der Waals surface area contributed by atoms with Crippen molar-refractivity contribution in [3.05, 3.63) is 35.4 Å². The van der Waals surface area contributed by atoms with Crippen molar-refractivity contribution in [1.82, 2.24) is 4.90 Å². The zero-order valence-corrected chi connectivity index (χ0v) is 8.35. The fraction of sp³-hybridized carbons (Fsp3) is 0.455. The lowest BCUT2D eigenvalue weighted by molar-refractivity contribution is -0.0161. The first-order valence-corrected chi connectivity index (χ1v) is 4.92. The second-order valence-corrected chi connectivity index (χ2v) is 3.83. The number of nitrogens with zero attached hydrogens (tertiary/aromatic N) is 1. The molecule has 0 amide bonds. The minimum Gasteiger partial charge on any atom is -0.374 e. The standard InChI is InChI=1S/C11H16N2O/c1-13-9(7-12)6-8-4-2-3-5-10(8)11(13)14/h2-5,9,11,14H,6-7,12H2,1H3. The Hall–Kier alpha value is -0.900. The molecular weight excluding hydrogens is 176 g/mol. The van der Waals surface area contributed by atoms with E-state index < -0.39 is 6.23 Å². The summed E-state index contributed by atoms with van der Waals surface area (Å²) in [5.41, 5.74) is 7.89. The van der Waals surface area contributed by atoms with Gasteiger partial charge in [0.2, 0.25) is 0 Å². The number of hydrogen-bond acceptors (Lipinski definition) is 3. The maximum Gasteiger partial charge on any atom is 0.133 e. The van der Waals surface area contributed by atoms with Gasteiger partial charge in [-0.3, -0.25) is 4.90 Å². The van der Waals surface area contributed by atoms with Crippen LogP contribution in [0.1, 0.15) is 17.4 Å². The van der Waals surface area contributed by atoms with Crippen LogP contribution in [0.3, 0.4) is 0 Å². The van der Waals surface area contributed by atoms with Crippen LogP contribution in [0.5, 0.6) is 0 Å². The van der Waals surface area contributed by atoms with E-state index in [0.29, 0.717) is 6.54 Å². The van der Waals surface area contributed by atoms with E-state index in [-0.39, 0.29) is 6.04 Å². The van der Waals surface area contributed by atoms with Gasteiger partial charge in [-0.1, -0.05) is 24.3 Å². The van der Waals surface area contributed by atoms with Crippen molar-refractivity contribution in [2.24, 2.45) is 5.73 Å². The SMILES string of the molecule is CN1C(CN)Cc2ccccc2C1O. The third-order valence-corrected chi connectivity index (χ3v) is 3.02. The Bertz CT molecular complexity index is 327. The van der Waals surface area contributed by atoms with E-state index in [1.165, 1.54) is 5.56 Å². The molecule has 0 aliphatic carbocycles. The van der Waals surface area contributed by atoms with Crippen molar-refractivity contribution in [2.45, 2.75) is 18.7 Å². The fourth-order valence-electron chi connectivity index (χ4n) is 2.04. The van der Waals surface area contributed by atoms with E-state index in [9.17, 15) is 5.11 Å². The highest BCUT2D eigenvalue weighted by Gasteiger charge is 2.28. The molecule has 3 N–H and O–H groups in total. The zero-order chi connectivity index (χ0) is 10.1. The lowest BCUT2D eigenvalue weighted by Gasteiger charge is -2.37. The number of hydrogen-bond donors (Lipinski definition) is 2. The maximum absolute atomic E-state index is 10.0. The van der Waals surface area contributed by atoms with Crippen LogP contribution in [-0.4, -0.2) is 29.6 Å². The van der Waals surface area contributed by atoms with Gasteiger partial charge in [0, 0.05) is 12.6 Å². The van der Waals surface area contributed by atoms with Crippen LogP contribution in [0, 0.1) is 0 Å². The number of aliphatic hydroxyl groups is 1. The Kier molecular flexibility index (Phi) is 2.54. The van der Waals surface area contributed by atoms with Gasteiger partial charge in [-0.2, -0.15) is 0 Å². The molecule has 1 aliphatic rings. The van der Waals surface area contributed by atoms with Crippen molar-refractivity contribution in [1.29, 1.82) is 0 Å². The van der Waals surface area contributed by atoms with Gasteiger partial charge in [0.25, 0.3) is 0 Å². The highest BCUT2D eigenvalue weighted by molar-refractivity contribution is 5.31. The molecule has 1 heterocycles. The first-order chi connectivity index (χ1) is 6.74. The summed E-state index contributed by atoms with van der Waals surface area (Å²) in [6.45, 7) is 0.585. The predicted molar refractivity (Wildman–Crippen MR) is 55.7 cm³/mol. The molecular formula is C11H16N2O. The first kappa shape index (κ1) is 9.65. The quantitative estimate of drug-likeness (QED) is 0.681. The van der Waals surface area contributed by atoms with E-state index in [4.69, 9.17) is 5.73 Å². The Morgan fingerprint density at radius 3 is 2.93 bits per heavy atom. The average Bonchev–Trinajstić information content (AvgIpc) is 2.23. The summed E-state index contributed by atoms with van der Waals surface area (Å²) >= 11 is 0. The third kappa shape index (κ3) is 1.43. The van der Waals surface area contributed by atoms with Crippen LogP contribution in [0.15, 0.2) is 24.3 Å². The van der Waals surface area contributed by atoms with Crippen molar-refractivity contribution in [3.8, 4) is 0 Å². The van der Waals surface area contributed by atoms with Crippen molar-refractivity contribution >= 4 is 0 Å².